The molecule has 0 aromatic heterocycles. The highest BCUT2D eigenvalue weighted by atomic mass is 16.5. The third kappa shape index (κ3) is 5.36. The first-order chi connectivity index (χ1) is 11.2. The van der Waals surface area contributed by atoms with E-state index in [-0.39, 0.29) is 12.8 Å². The summed E-state index contributed by atoms with van der Waals surface area (Å²) in [6.07, 6.45) is 2.16. The first-order valence-corrected chi connectivity index (χ1v) is 7.48. The van der Waals surface area contributed by atoms with E-state index in [2.05, 4.69) is 17.6 Å². The smallest absolute Gasteiger partial charge is 0.321 e. The fourth-order valence-corrected chi connectivity index (χ4v) is 2.03. The summed E-state index contributed by atoms with van der Waals surface area (Å²) >= 11 is 0. The Labute approximate surface area is 135 Å². The van der Waals surface area contributed by atoms with Crippen LogP contribution in [0.4, 0.5) is 10.5 Å². The van der Waals surface area contributed by atoms with Gasteiger partial charge in [0.25, 0.3) is 0 Å². The molecule has 5 heteroatoms. The van der Waals surface area contributed by atoms with Crippen molar-refractivity contribution in [1.29, 1.82) is 5.26 Å². The normalized spacial score (nSPS) is 9.74. The number of rotatable bonds is 6. The van der Waals surface area contributed by atoms with Crippen LogP contribution in [-0.4, -0.2) is 12.8 Å². The molecule has 0 saturated heterocycles. The van der Waals surface area contributed by atoms with Gasteiger partial charge in [0.1, 0.15) is 5.75 Å². The van der Waals surface area contributed by atoms with Gasteiger partial charge in [-0.1, -0.05) is 25.5 Å². The number of nitriles is 1. The standard InChI is InChI=1S/C18H19N3O2/c1-2-3-14-6-10-17(11-7-14)23-13-20-18(22)21-16-8-4-15(12-19)5-9-16/h4-11H,2-3,13H2,1H3,(H2,20,21,22). The van der Waals surface area contributed by atoms with Gasteiger partial charge in [0, 0.05) is 5.69 Å². The van der Waals surface area contributed by atoms with Crippen molar-refractivity contribution in [2.24, 2.45) is 0 Å². The molecule has 0 atom stereocenters. The lowest BCUT2D eigenvalue weighted by Gasteiger charge is -2.10. The van der Waals surface area contributed by atoms with Crippen molar-refractivity contribution in [3.8, 4) is 11.8 Å². The highest BCUT2D eigenvalue weighted by Crippen LogP contribution is 2.13. The Hall–Kier alpha value is -3.00. The molecule has 5 nitrogen and oxygen atoms in total. The summed E-state index contributed by atoms with van der Waals surface area (Å²) in [4.78, 5) is 11.7. The van der Waals surface area contributed by atoms with Gasteiger partial charge >= 0.3 is 6.03 Å². The van der Waals surface area contributed by atoms with E-state index in [4.69, 9.17) is 10.00 Å². The lowest BCUT2D eigenvalue weighted by atomic mass is 10.1. The van der Waals surface area contributed by atoms with Crippen molar-refractivity contribution < 1.29 is 9.53 Å². The number of hydrogen-bond donors (Lipinski definition) is 2. The van der Waals surface area contributed by atoms with Crippen LogP contribution in [0.1, 0.15) is 24.5 Å². The van der Waals surface area contributed by atoms with Gasteiger partial charge < -0.3 is 15.4 Å². The van der Waals surface area contributed by atoms with E-state index in [1.165, 1.54) is 5.56 Å². The molecule has 2 amide bonds. The zero-order chi connectivity index (χ0) is 16.5. The average molecular weight is 309 g/mol. The van der Waals surface area contributed by atoms with Crippen molar-refractivity contribution in [2.45, 2.75) is 19.8 Å². The largest absolute Gasteiger partial charge is 0.473 e. The molecular formula is C18H19N3O2. The lowest BCUT2D eigenvalue weighted by molar-refractivity contribution is 0.234. The second-order valence-corrected chi connectivity index (χ2v) is 5.00. The summed E-state index contributed by atoms with van der Waals surface area (Å²) < 4.78 is 5.47. The molecule has 118 valence electrons. The maximum Gasteiger partial charge on any atom is 0.321 e. The SMILES string of the molecule is CCCc1ccc(OCNC(=O)Nc2ccc(C#N)cc2)cc1. The maximum absolute atomic E-state index is 11.7. The van der Waals surface area contributed by atoms with Gasteiger partial charge in [-0.3, -0.25) is 0 Å². The number of benzene rings is 2. The Morgan fingerprint density at radius 1 is 1.13 bits per heavy atom. The van der Waals surface area contributed by atoms with E-state index in [9.17, 15) is 4.79 Å². The topological polar surface area (TPSA) is 74.2 Å². The van der Waals surface area contributed by atoms with E-state index in [0.717, 1.165) is 12.8 Å². The van der Waals surface area contributed by atoms with Crippen LogP contribution in [0.15, 0.2) is 48.5 Å². The van der Waals surface area contributed by atoms with Crippen LogP contribution in [-0.2, 0) is 6.42 Å². The number of carbonyl (C=O) groups is 1. The number of hydrogen-bond acceptors (Lipinski definition) is 3. The molecule has 2 rings (SSSR count). The molecule has 0 heterocycles. The molecular weight excluding hydrogens is 290 g/mol. The van der Waals surface area contributed by atoms with Gasteiger partial charge in [-0.15, -0.1) is 0 Å². The first-order valence-electron chi connectivity index (χ1n) is 7.48. The van der Waals surface area contributed by atoms with Crippen LogP contribution in [0.5, 0.6) is 5.75 Å². The molecule has 2 aromatic rings. The minimum absolute atomic E-state index is 0.0786. The third-order valence-corrected chi connectivity index (χ3v) is 3.21. The number of anilines is 1. The van der Waals surface area contributed by atoms with Crippen molar-refractivity contribution in [3.05, 3.63) is 59.7 Å². The Balaban J connectivity index is 1.74. The molecule has 0 radical (unpaired) electrons. The number of nitrogens with zero attached hydrogens (tertiary/aromatic N) is 1. The quantitative estimate of drug-likeness (QED) is 0.800. The number of amides is 2. The predicted molar refractivity (Wildman–Crippen MR) is 89.2 cm³/mol. The molecule has 0 aliphatic carbocycles. The zero-order valence-electron chi connectivity index (χ0n) is 13.0. The molecule has 0 aliphatic heterocycles. The molecule has 2 aromatic carbocycles. The number of aryl methyl sites for hydroxylation is 1. The second-order valence-electron chi connectivity index (χ2n) is 5.00. The lowest BCUT2D eigenvalue weighted by Crippen LogP contribution is -2.31. The van der Waals surface area contributed by atoms with Crippen LogP contribution in [0.3, 0.4) is 0 Å². The maximum atomic E-state index is 11.7. The second kappa shape index (κ2) is 8.44. The van der Waals surface area contributed by atoms with E-state index >= 15 is 0 Å². The van der Waals surface area contributed by atoms with Gasteiger partial charge in [0.2, 0.25) is 0 Å². The van der Waals surface area contributed by atoms with E-state index in [1.54, 1.807) is 24.3 Å². The summed E-state index contributed by atoms with van der Waals surface area (Å²) in [5.74, 6) is 0.712. The predicted octanol–water partition coefficient (Wildman–Crippen LogP) is 3.67. The van der Waals surface area contributed by atoms with E-state index in [0.29, 0.717) is 17.0 Å². The summed E-state index contributed by atoms with van der Waals surface area (Å²) in [5, 5.41) is 14.0. The number of urea groups is 1. The van der Waals surface area contributed by atoms with Crippen LogP contribution in [0.2, 0.25) is 0 Å². The Bertz CT molecular complexity index is 673. The Morgan fingerprint density at radius 3 is 2.43 bits per heavy atom. The molecule has 0 aliphatic rings. The van der Waals surface area contributed by atoms with E-state index < -0.39 is 0 Å². The molecule has 0 unspecified atom stereocenters. The molecule has 23 heavy (non-hydrogen) atoms. The van der Waals surface area contributed by atoms with Gasteiger partial charge in [0.05, 0.1) is 11.6 Å². The number of ether oxygens (including phenoxy) is 1. The highest BCUT2D eigenvalue weighted by molar-refractivity contribution is 5.89. The van der Waals surface area contributed by atoms with Crippen LogP contribution >= 0.6 is 0 Å². The first kappa shape index (κ1) is 16.4. The van der Waals surface area contributed by atoms with Crippen LogP contribution < -0.4 is 15.4 Å². The summed E-state index contributed by atoms with van der Waals surface area (Å²) in [6.45, 7) is 2.22. The molecule has 0 fully saturated rings. The van der Waals surface area contributed by atoms with Crippen molar-refractivity contribution in [1.82, 2.24) is 5.32 Å². The summed E-state index contributed by atoms with van der Waals surface area (Å²) in [7, 11) is 0. The van der Waals surface area contributed by atoms with Gasteiger partial charge in [-0.2, -0.15) is 5.26 Å². The summed E-state index contributed by atoms with van der Waals surface area (Å²) in [6, 6.07) is 16.1. The average Bonchev–Trinajstić information content (AvgIpc) is 2.57. The fraction of sp³-hybridized carbons (Fsp3) is 0.222. The minimum atomic E-state index is -0.364. The summed E-state index contributed by atoms with van der Waals surface area (Å²) in [5.41, 5.74) is 2.43. The van der Waals surface area contributed by atoms with Crippen molar-refractivity contribution >= 4 is 11.7 Å². The fourth-order valence-electron chi connectivity index (χ4n) is 2.03. The van der Waals surface area contributed by atoms with Crippen LogP contribution in [0, 0.1) is 11.3 Å². The third-order valence-electron chi connectivity index (χ3n) is 3.21. The molecule has 0 bridgehead atoms. The van der Waals surface area contributed by atoms with Crippen molar-refractivity contribution in [3.63, 3.8) is 0 Å². The zero-order valence-corrected chi connectivity index (χ0v) is 13.0. The van der Waals surface area contributed by atoms with E-state index in [1.807, 2.05) is 30.3 Å². The number of carbonyl (C=O) groups excluding carboxylic acids is 1. The Morgan fingerprint density at radius 2 is 1.83 bits per heavy atom. The minimum Gasteiger partial charge on any atom is -0.473 e. The number of nitrogens with one attached hydrogen (secondary N) is 2. The Kier molecular flexibility index (Phi) is 6.01. The molecule has 0 saturated carbocycles. The van der Waals surface area contributed by atoms with Gasteiger partial charge in [-0.25, -0.2) is 4.79 Å². The van der Waals surface area contributed by atoms with Crippen molar-refractivity contribution in [2.75, 3.05) is 12.0 Å². The highest BCUT2D eigenvalue weighted by Gasteiger charge is 2.02. The molecule has 2 N–H and O–H groups in total. The van der Waals surface area contributed by atoms with Gasteiger partial charge in [-0.05, 0) is 48.4 Å². The van der Waals surface area contributed by atoms with Gasteiger partial charge in [0.15, 0.2) is 6.73 Å². The van der Waals surface area contributed by atoms with Crippen LogP contribution in [0.25, 0.3) is 0 Å². The molecule has 0 spiro atoms. The monoisotopic (exact) mass is 309 g/mol.